The Hall–Kier alpha value is -0.890. The fourth-order valence-electron chi connectivity index (χ4n) is 0.564. The molecule has 0 aliphatic rings. The Kier molecular flexibility index (Phi) is 6.64. The third kappa shape index (κ3) is 9.11. The lowest BCUT2D eigenvalue weighted by molar-refractivity contribution is 0.198. The van der Waals surface area contributed by atoms with Crippen molar-refractivity contribution in [2.45, 2.75) is 19.4 Å². The predicted molar refractivity (Wildman–Crippen MR) is 49.0 cm³/mol. The lowest BCUT2D eigenvalue weighted by Gasteiger charge is -1.94. The maximum atomic E-state index is 8.85. The van der Waals surface area contributed by atoms with Crippen LogP contribution in [0.1, 0.15) is 13.3 Å². The lowest BCUT2D eigenvalue weighted by Crippen LogP contribution is -1.95. The number of rotatable bonds is 5. The highest BCUT2D eigenvalue weighted by Crippen LogP contribution is 1.90. The second-order valence-corrected chi connectivity index (χ2v) is 2.31. The van der Waals surface area contributed by atoms with Crippen molar-refractivity contribution in [2.24, 2.45) is 4.99 Å². The van der Waals surface area contributed by atoms with Gasteiger partial charge in [0, 0.05) is 6.21 Å². The molecule has 62 valence electrons. The van der Waals surface area contributed by atoms with Crippen LogP contribution in [-0.2, 0) is 0 Å². The summed E-state index contributed by atoms with van der Waals surface area (Å²) in [6, 6.07) is 0. The van der Waals surface area contributed by atoms with Crippen LogP contribution in [0.15, 0.2) is 29.8 Å². The van der Waals surface area contributed by atoms with E-state index in [4.69, 9.17) is 5.11 Å². The van der Waals surface area contributed by atoms with Gasteiger partial charge in [0.25, 0.3) is 0 Å². The number of allylic oxidation sites excluding steroid dienone is 1. The van der Waals surface area contributed by atoms with Gasteiger partial charge in [-0.25, -0.2) is 0 Å². The summed E-state index contributed by atoms with van der Waals surface area (Å²) in [4.78, 5) is 3.98. The Balaban J connectivity index is 3.30. The van der Waals surface area contributed by atoms with E-state index < -0.39 is 0 Å². The molecule has 0 amide bonds. The van der Waals surface area contributed by atoms with Gasteiger partial charge in [0.05, 0.1) is 12.6 Å². The molecule has 0 aliphatic carbocycles. The van der Waals surface area contributed by atoms with Crippen molar-refractivity contribution in [3.05, 3.63) is 24.8 Å². The summed E-state index contributed by atoms with van der Waals surface area (Å²) < 4.78 is 0. The normalized spacial score (nSPS) is 14.4. The molecule has 2 nitrogen and oxygen atoms in total. The van der Waals surface area contributed by atoms with Gasteiger partial charge in [0.1, 0.15) is 0 Å². The molecular formula is C9H15NO. The molecule has 0 rings (SSSR count). The van der Waals surface area contributed by atoms with Crippen LogP contribution in [0.3, 0.4) is 0 Å². The third-order valence-electron chi connectivity index (χ3n) is 1.07. The summed E-state index contributed by atoms with van der Waals surface area (Å²) in [6.45, 7) is 5.92. The van der Waals surface area contributed by atoms with Crippen LogP contribution in [0.2, 0.25) is 0 Å². The molecule has 0 aromatic heterocycles. The van der Waals surface area contributed by atoms with Gasteiger partial charge in [-0.3, -0.25) is 4.99 Å². The largest absolute Gasteiger partial charge is 0.393 e. The summed E-state index contributed by atoms with van der Waals surface area (Å²) in [5, 5.41) is 8.85. The standard InChI is InChI=1S/C9H15NO/c1-3-7-10-8-5-4-6-9(2)11/h3-5,7,9,11H,1,6,8H2,2H3/b5-4-,10-7?. The zero-order valence-electron chi connectivity index (χ0n) is 6.90. The van der Waals surface area contributed by atoms with E-state index in [1.54, 1.807) is 19.2 Å². The van der Waals surface area contributed by atoms with E-state index in [-0.39, 0.29) is 6.10 Å². The molecule has 0 spiro atoms. The second-order valence-electron chi connectivity index (χ2n) is 2.31. The van der Waals surface area contributed by atoms with Crippen molar-refractivity contribution in [3.8, 4) is 0 Å². The molecule has 0 radical (unpaired) electrons. The minimum absolute atomic E-state index is 0.255. The predicted octanol–water partition coefficient (Wildman–Crippen LogP) is 1.57. The SMILES string of the molecule is C=CC=NC/C=C\CC(C)O. The first-order chi connectivity index (χ1) is 5.27. The topological polar surface area (TPSA) is 32.6 Å². The van der Waals surface area contributed by atoms with Gasteiger partial charge in [-0.1, -0.05) is 24.8 Å². The van der Waals surface area contributed by atoms with Gasteiger partial charge in [0.2, 0.25) is 0 Å². The molecule has 0 heterocycles. The number of hydrogen-bond donors (Lipinski definition) is 1. The molecule has 11 heavy (non-hydrogen) atoms. The average Bonchev–Trinajstić information content (AvgIpc) is 1.96. The molecule has 0 saturated heterocycles. The summed E-state index contributed by atoms with van der Waals surface area (Å²) in [5.41, 5.74) is 0. The van der Waals surface area contributed by atoms with Crippen molar-refractivity contribution in [1.82, 2.24) is 0 Å². The molecule has 0 bridgehead atoms. The first kappa shape index (κ1) is 10.1. The highest BCUT2D eigenvalue weighted by atomic mass is 16.3. The number of aliphatic imine (C=N–C) groups is 1. The molecule has 0 fully saturated rings. The number of aliphatic hydroxyl groups excluding tert-OH is 1. The first-order valence-corrected chi connectivity index (χ1v) is 3.71. The highest BCUT2D eigenvalue weighted by molar-refractivity contribution is 5.70. The molecule has 0 aliphatic heterocycles. The Morgan fingerprint density at radius 1 is 1.55 bits per heavy atom. The lowest BCUT2D eigenvalue weighted by atomic mass is 10.3. The van der Waals surface area contributed by atoms with Crippen LogP contribution in [-0.4, -0.2) is 24.0 Å². The zero-order valence-corrected chi connectivity index (χ0v) is 6.90. The molecule has 2 heteroatoms. The Morgan fingerprint density at radius 3 is 2.82 bits per heavy atom. The average molecular weight is 153 g/mol. The quantitative estimate of drug-likeness (QED) is 0.472. The molecule has 1 unspecified atom stereocenters. The Morgan fingerprint density at radius 2 is 2.27 bits per heavy atom. The van der Waals surface area contributed by atoms with Gasteiger partial charge < -0.3 is 5.11 Å². The maximum Gasteiger partial charge on any atom is 0.0570 e. The van der Waals surface area contributed by atoms with Gasteiger partial charge in [-0.2, -0.15) is 0 Å². The van der Waals surface area contributed by atoms with E-state index in [9.17, 15) is 0 Å². The number of hydrogen-bond acceptors (Lipinski definition) is 2. The van der Waals surface area contributed by atoms with Crippen molar-refractivity contribution in [2.75, 3.05) is 6.54 Å². The van der Waals surface area contributed by atoms with Crippen molar-refractivity contribution in [3.63, 3.8) is 0 Å². The van der Waals surface area contributed by atoms with E-state index in [2.05, 4.69) is 11.6 Å². The van der Waals surface area contributed by atoms with Crippen LogP contribution in [0, 0.1) is 0 Å². The summed E-state index contributed by atoms with van der Waals surface area (Å²) in [6.07, 6.45) is 7.59. The van der Waals surface area contributed by atoms with Crippen LogP contribution in [0.5, 0.6) is 0 Å². The van der Waals surface area contributed by atoms with E-state index >= 15 is 0 Å². The van der Waals surface area contributed by atoms with Crippen LogP contribution >= 0.6 is 0 Å². The highest BCUT2D eigenvalue weighted by Gasteiger charge is 1.86. The van der Waals surface area contributed by atoms with E-state index in [0.29, 0.717) is 13.0 Å². The number of aliphatic hydroxyl groups is 1. The van der Waals surface area contributed by atoms with Crippen molar-refractivity contribution in [1.29, 1.82) is 0 Å². The first-order valence-electron chi connectivity index (χ1n) is 3.71. The molecule has 0 aromatic carbocycles. The van der Waals surface area contributed by atoms with Crippen molar-refractivity contribution >= 4 is 6.21 Å². The molecule has 0 aromatic rings. The summed E-state index contributed by atoms with van der Waals surface area (Å²) in [7, 11) is 0. The minimum atomic E-state index is -0.255. The fourth-order valence-corrected chi connectivity index (χ4v) is 0.564. The van der Waals surface area contributed by atoms with Crippen molar-refractivity contribution < 1.29 is 5.11 Å². The second kappa shape index (κ2) is 7.22. The number of nitrogens with zero attached hydrogens (tertiary/aromatic N) is 1. The third-order valence-corrected chi connectivity index (χ3v) is 1.07. The molecule has 1 atom stereocenters. The molecule has 1 N–H and O–H groups in total. The zero-order chi connectivity index (χ0) is 8.53. The molecule has 0 saturated carbocycles. The fraction of sp³-hybridized carbons (Fsp3) is 0.444. The van der Waals surface area contributed by atoms with E-state index in [1.807, 2.05) is 12.2 Å². The monoisotopic (exact) mass is 153 g/mol. The van der Waals surface area contributed by atoms with Crippen LogP contribution in [0.4, 0.5) is 0 Å². The van der Waals surface area contributed by atoms with Crippen LogP contribution < -0.4 is 0 Å². The molecular weight excluding hydrogens is 138 g/mol. The van der Waals surface area contributed by atoms with Gasteiger partial charge in [0.15, 0.2) is 0 Å². The van der Waals surface area contributed by atoms with E-state index in [0.717, 1.165) is 0 Å². The minimum Gasteiger partial charge on any atom is -0.393 e. The van der Waals surface area contributed by atoms with Gasteiger partial charge in [-0.15, -0.1) is 0 Å². The smallest absolute Gasteiger partial charge is 0.0570 e. The summed E-state index contributed by atoms with van der Waals surface area (Å²) in [5.74, 6) is 0. The Bertz CT molecular complexity index is 148. The van der Waals surface area contributed by atoms with Gasteiger partial charge in [-0.05, 0) is 13.3 Å². The van der Waals surface area contributed by atoms with E-state index in [1.165, 1.54) is 0 Å². The van der Waals surface area contributed by atoms with Crippen LogP contribution in [0.25, 0.3) is 0 Å². The van der Waals surface area contributed by atoms with Gasteiger partial charge >= 0.3 is 0 Å². The Labute approximate surface area is 68.0 Å². The maximum absolute atomic E-state index is 8.85. The summed E-state index contributed by atoms with van der Waals surface area (Å²) >= 11 is 0.